The molecule has 28 heavy (non-hydrogen) atoms. The molecule has 0 spiro atoms. The van der Waals surface area contributed by atoms with Gasteiger partial charge < -0.3 is 5.11 Å². The van der Waals surface area contributed by atoms with Gasteiger partial charge in [0, 0.05) is 6.10 Å². The first-order valence-electron chi connectivity index (χ1n) is 10.6. The maximum absolute atomic E-state index is 8.06. The molecule has 156 valence electrons. The van der Waals surface area contributed by atoms with Crippen LogP contribution >= 0.6 is 0 Å². The Bertz CT molecular complexity index is 594. The smallest absolute Gasteiger partial charge is 0.0483 e. The van der Waals surface area contributed by atoms with Gasteiger partial charge >= 0.3 is 0 Å². The molecule has 0 aliphatic carbocycles. The third-order valence-corrected chi connectivity index (χ3v) is 3.62. The molecular weight excluding hydrogens is 340 g/mol. The molecule has 1 N–H and O–H groups in total. The van der Waals surface area contributed by atoms with Crippen molar-refractivity contribution in [3.05, 3.63) is 84.9 Å². The summed E-state index contributed by atoms with van der Waals surface area (Å²) in [5, 5.41) is 8.06. The molecule has 2 rings (SSSR count). The van der Waals surface area contributed by atoms with Crippen LogP contribution in [0.2, 0.25) is 0 Å². The van der Waals surface area contributed by atoms with E-state index in [2.05, 4.69) is 63.4 Å². The molecule has 0 saturated carbocycles. The summed E-state index contributed by atoms with van der Waals surface area (Å²) in [6, 6.07) is 20.7. The number of hydrogen-bond acceptors (Lipinski definition) is 1. The zero-order chi connectivity index (χ0) is 21.8. The Morgan fingerprint density at radius 3 is 1.46 bits per heavy atom. The second kappa shape index (κ2) is 19.6. The van der Waals surface area contributed by atoms with Crippen LogP contribution in [-0.4, -0.2) is 11.2 Å². The Labute approximate surface area is 174 Å². The minimum absolute atomic E-state index is 0.167. The lowest BCUT2D eigenvalue weighted by Crippen LogP contribution is -1.85. The maximum atomic E-state index is 8.06. The van der Waals surface area contributed by atoms with E-state index in [9.17, 15) is 0 Å². The highest BCUT2D eigenvalue weighted by Crippen LogP contribution is 2.17. The lowest BCUT2D eigenvalue weighted by molar-refractivity contribution is 0.216. The van der Waals surface area contributed by atoms with Crippen LogP contribution in [0.1, 0.15) is 78.4 Å². The van der Waals surface area contributed by atoms with Gasteiger partial charge in [-0.05, 0) is 55.4 Å². The van der Waals surface area contributed by atoms with Crippen LogP contribution in [0.3, 0.4) is 0 Å². The molecule has 0 atom stereocenters. The SMILES string of the molecule is C=C(CC)c1ccccc1.C=C(CCCC)c1ccccc1.CC.CC(C)O. The Kier molecular flexibility index (Phi) is 19.7. The number of rotatable bonds is 6. The summed E-state index contributed by atoms with van der Waals surface area (Å²) < 4.78 is 0. The van der Waals surface area contributed by atoms with Crippen molar-refractivity contribution >= 4 is 11.1 Å². The number of unbranched alkanes of at least 4 members (excludes halogenated alkanes) is 1. The van der Waals surface area contributed by atoms with Crippen LogP contribution in [-0.2, 0) is 0 Å². The zero-order valence-electron chi connectivity index (χ0n) is 19.0. The minimum atomic E-state index is -0.167. The molecule has 0 aliphatic rings. The van der Waals surface area contributed by atoms with Gasteiger partial charge in [0.05, 0.1) is 0 Å². The molecule has 2 aromatic rings. The number of hydrogen-bond donors (Lipinski definition) is 1. The quantitative estimate of drug-likeness (QED) is 0.531. The number of aliphatic hydroxyl groups is 1. The summed E-state index contributed by atoms with van der Waals surface area (Å²) in [4.78, 5) is 0. The molecule has 0 amide bonds. The molecular formula is C27H42O. The molecule has 0 saturated heterocycles. The third kappa shape index (κ3) is 16.1. The van der Waals surface area contributed by atoms with Gasteiger partial charge in [-0.2, -0.15) is 0 Å². The second-order valence-electron chi connectivity index (χ2n) is 6.49. The summed E-state index contributed by atoms with van der Waals surface area (Å²) in [5.41, 5.74) is 5.01. The van der Waals surface area contributed by atoms with Gasteiger partial charge in [-0.25, -0.2) is 0 Å². The lowest BCUT2D eigenvalue weighted by Gasteiger charge is -2.03. The maximum Gasteiger partial charge on any atom is 0.0483 e. The van der Waals surface area contributed by atoms with Crippen LogP contribution in [0.5, 0.6) is 0 Å². The molecule has 0 bridgehead atoms. The average molecular weight is 383 g/mol. The highest BCUT2D eigenvalue weighted by atomic mass is 16.3. The molecule has 1 heteroatoms. The number of allylic oxidation sites excluding steroid dienone is 2. The largest absolute Gasteiger partial charge is 0.394 e. The monoisotopic (exact) mass is 382 g/mol. The predicted molar refractivity (Wildman–Crippen MR) is 129 cm³/mol. The van der Waals surface area contributed by atoms with Gasteiger partial charge in [-0.15, -0.1) is 0 Å². The molecule has 0 aliphatic heterocycles. The van der Waals surface area contributed by atoms with Gasteiger partial charge in [-0.1, -0.05) is 108 Å². The molecule has 0 radical (unpaired) electrons. The Morgan fingerprint density at radius 1 is 0.786 bits per heavy atom. The fourth-order valence-electron chi connectivity index (χ4n) is 2.09. The number of aliphatic hydroxyl groups excluding tert-OH is 1. The number of benzene rings is 2. The van der Waals surface area contributed by atoms with Crippen LogP contribution in [0.4, 0.5) is 0 Å². The highest BCUT2D eigenvalue weighted by molar-refractivity contribution is 5.63. The Hall–Kier alpha value is -2.12. The van der Waals surface area contributed by atoms with Crippen LogP contribution < -0.4 is 0 Å². The summed E-state index contributed by atoms with van der Waals surface area (Å²) in [6.45, 7) is 19.8. The standard InChI is InChI=1S/C12H16.C10H12.C3H8O.C2H6/c1-3-4-8-11(2)12-9-6-5-7-10-12;1-3-9(2)10-7-5-4-6-8-10;1-3(2)4;1-2/h5-7,9-10H,2-4,8H2,1H3;4-8H,2-3H2,1H3;3-4H,1-2H3;1-2H3. The van der Waals surface area contributed by atoms with E-state index in [-0.39, 0.29) is 6.10 Å². The fraction of sp³-hybridized carbons (Fsp3) is 0.407. The zero-order valence-corrected chi connectivity index (χ0v) is 19.0. The van der Waals surface area contributed by atoms with Crippen molar-refractivity contribution in [2.75, 3.05) is 0 Å². The van der Waals surface area contributed by atoms with Crippen LogP contribution in [0, 0.1) is 0 Å². The summed E-state index contributed by atoms with van der Waals surface area (Å²) in [5.74, 6) is 0. The van der Waals surface area contributed by atoms with E-state index in [0.29, 0.717) is 0 Å². The molecule has 0 heterocycles. The van der Waals surface area contributed by atoms with Gasteiger partial charge in [0.25, 0.3) is 0 Å². The van der Waals surface area contributed by atoms with E-state index in [1.165, 1.54) is 35.1 Å². The summed E-state index contributed by atoms with van der Waals surface area (Å²) >= 11 is 0. The first-order chi connectivity index (χ1) is 13.4. The van der Waals surface area contributed by atoms with Crippen molar-refractivity contribution in [2.24, 2.45) is 0 Å². The first kappa shape index (κ1) is 28.1. The molecule has 0 unspecified atom stereocenters. The van der Waals surface area contributed by atoms with Crippen molar-refractivity contribution < 1.29 is 5.11 Å². The second-order valence-corrected chi connectivity index (χ2v) is 6.49. The molecule has 0 aromatic heterocycles. The summed E-state index contributed by atoms with van der Waals surface area (Å²) in [7, 11) is 0. The minimum Gasteiger partial charge on any atom is -0.394 e. The van der Waals surface area contributed by atoms with Crippen molar-refractivity contribution in [3.63, 3.8) is 0 Å². The van der Waals surface area contributed by atoms with Crippen LogP contribution in [0.15, 0.2) is 73.8 Å². The Balaban J connectivity index is 0. The third-order valence-electron chi connectivity index (χ3n) is 3.62. The predicted octanol–water partition coefficient (Wildman–Crippen LogP) is 8.41. The van der Waals surface area contributed by atoms with E-state index in [0.717, 1.165) is 12.8 Å². The fourth-order valence-corrected chi connectivity index (χ4v) is 2.09. The molecule has 2 aromatic carbocycles. The van der Waals surface area contributed by atoms with Gasteiger partial charge in [0.2, 0.25) is 0 Å². The van der Waals surface area contributed by atoms with Gasteiger partial charge in [0.1, 0.15) is 0 Å². The lowest BCUT2D eigenvalue weighted by atomic mass is 10.0. The normalized spacial score (nSPS) is 9.00. The topological polar surface area (TPSA) is 20.2 Å². The van der Waals surface area contributed by atoms with Crippen LogP contribution in [0.25, 0.3) is 11.1 Å². The van der Waals surface area contributed by atoms with E-state index >= 15 is 0 Å². The average Bonchev–Trinajstić information content (AvgIpc) is 2.74. The van der Waals surface area contributed by atoms with Crippen molar-refractivity contribution in [1.82, 2.24) is 0 Å². The molecule has 1 nitrogen and oxygen atoms in total. The first-order valence-corrected chi connectivity index (χ1v) is 10.6. The Morgan fingerprint density at radius 2 is 1.14 bits per heavy atom. The van der Waals surface area contributed by atoms with E-state index < -0.39 is 0 Å². The van der Waals surface area contributed by atoms with Gasteiger partial charge in [-0.3, -0.25) is 0 Å². The molecule has 0 fully saturated rings. The van der Waals surface area contributed by atoms with Crippen molar-refractivity contribution in [2.45, 2.75) is 73.3 Å². The highest BCUT2D eigenvalue weighted by Gasteiger charge is 1.95. The van der Waals surface area contributed by atoms with Crippen molar-refractivity contribution in [1.29, 1.82) is 0 Å². The van der Waals surface area contributed by atoms with Gasteiger partial charge in [0.15, 0.2) is 0 Å². The van der Waals surface area contributed by atoms with E-state index in [1.54, 1.807) is 13.8 Å². The summed E-state index contributed by atoms with van der Waals surface area (Å²) in [6.07, 6.45) is 4.48. The van der Waals surface area contributed by atoms with E-state index in [1.807, 2.05) is 38.1 Å². The van der Waals surface area contributed by atoms with E-state index in [4.69, 9.17) is 5.11 Å². The van der Waals surface area contributed by atoms with Crippen molar-refractivity contribution in [3.8, 4) is 0 Å².